The van der Waals surface area contributed by atoms with Crippen molar-refractivity contribution in [1.82, 2.24) is 4.90 Å². The number of piperidine rings is 1. The Bertz CT molecular complexity index is 1040. The number of anilines is 1. The van der Waals surface area contributed by atoms with Crippen LogP contribution in [-0.2, 0) is 19.6 Å². The number of amides is 1. The zero-order chi connectivity index (χ0) is 22.4. The first-order chi connectivity index (χ1) is 14.9. The van der Waals surface area contributed by atoms with Crippen molar-refractivity contribution in [2.24, 2.45) is 5.92 Å². The van der Waals surface area contributed by atoms with Crippen LogP contribution in [0.4, 0.5) is 5.69 Å². The van der Waals surface area contributed by atoms with Gasteiger partial charge in [0.15, 0.2) is 0 Å². The molecule has 0 aliphatic carbocycles. The third kappa shape index (κ3) is 5.35. The number of sulfonamides is 1. The van der Waals surface area contributed by atoms with Crippen LogP contribution in [0.5, 0.6) is 5.75 Å². The Morgan fingerprint density at radius 3 is 2.52 bits per heavy atom. The van der Waals surface area contributed by atoms with Crippen LogP contribution in [0.25, 0.3) is 0 Å². The highest BCUT2D eigenvalue weighted by Gasteiger charge is 2.30. The van der Waals surface area contributed by atoms with Crippen LogP contribution in [0, 0.1) is 5.92 Å². The first-order valence-electron chi connectivity index (χ1n) is 10.1. The highest BCUT2D eigenvalue weighted by Crippen LogP contribution is 2.26. The van der Waals surface area contributed by atoms with E-state index in [2.05, 4.69) is 4.72 Å². The third-order valence-electron chi connectivity index (χ3n) is 5.09. The Morgan fingerprint density at radius 2 is 1.84 bits per heavy atom. The number of methoxy groups -OCH3 is 1. The second kappa shape index (κ2) is 9.82. The number of likely N-dealkylation sites (tertiary alicyclic amines) is 1. The third-order valence-corrected chi connectivity index (χ3v) is 6.47. The van der Waals surface area contributed by atoms with E-state index in [1.54, 1.807) is 36.1 Å². The Kier molecular flexibility index (Phi) is 7.17. The van der Waals surface area contributed by atoms with Crippen molar-refractivity contribution >= 4 is 27.6 Å². The van der Waals surface area contributed by atoms with Crippen LogP contribution in [0.3, 0.4) is 0 Å². The minimum Gasteiger partial charge on any atom is -0.495 e. The number of benzene rings is 2. The first-order valence-corrected chi connectivity index (χ1v) is 11.6. The molecule has 0 bridgehead atoms. The quantitative estimate of drug-likeness (QED) is 0.656. The number of nitrogens with zero attached hydrogens (tertiary/aromatic N) is 1. The van der Waals surface area contributed by atoms with E-state index in [1.165, 1.54) is 31.4 Å². The lowest BCUT2D eigenvalue weighted by Gasteiger charge is -2.31. The van der Waals surface area contributed by atoms with Gasteiger partial charge in [0.25, 0.3) is 15.9 Å². The molecule has 31 heavy (non-hydrogen) atoms. The summed E-state index contributed by atoms with van der Waals surface area (Å²) in [7, 11) is -2.40. The lowest BCUT2D eigenvalue weighted by atomic mass is 9.97. The average Bonchev–Trinajstić information content (AvgIpc) is 2.79. The van der Waals surface area contributed by atoms with Crippen LogP contribution in [0.1, 0.15) is 30.1 Å². The number of carbonyl (C=O) groups is 2. The maximum absolute atomic E-state index is 12.9. The number of rotatable bonds is 7. The molecule has 1 atom stereocenters. The molecule has 0 radical (unpaired) electrons. The van der Waals surface area contributed by atoms with E-state index in [-0.39, 0.29) is 22.7 Å². The average molecular weight is 447 g/mol. The topological polar surface area (TPSA) is 102 Å². The molecular weight excluding hydrogens is 420 g/mol. The summed E-state index contributed by atoms with van der Waals surface area (Å²) in [5.74, 6) is -0.457. The van der Waals surface area contributed by atoms with Gasteiger partial charge in [0.05, 0.1) is 30.2 Å². The molecule has 1 amide bonds. The molecular formula is C22H26N2O6S. The van der Waals surface area contributed by atoms with Crippen molar-refractivity contribution in [1.29, 1.82) is 0 Å². The van der Waals surface area contributed by atoms with Gasteiger partial charge in [0.2, 0.25) is 0 Å². The van der Waals surface area contributed by atoms with Crippen molar-refractivity contribution < 1.29 is 27.5 Å². The van der Waals surface area contributed by atoms with Crippen molar-refractivity contribution in [2.45, 2.75) is 24.7 Å². The molecule has 2 aromatic carbocycles. The minimum absolute atomic E-state index is 0.0259. The Hall–Kier alpha value is -3.07. The van der Waals surface area contributed by atoms with Gasteiger partial charge in [0.1, 0.15) is 5.75 Å². The fourth-order valence-electron chi connectivity index (χ4n) is 3.51. The molecule has 9 heteroatoms. The first kappa shape index (κ1) is 22.6. The molecule has 1 heterocycles. The van der Waals surface area contributed by atoms with Gasteiger partial charge in [-0.05, 0) is 56.2 Å². The molecule has 1 aliphatic rings. The smallest absolute Gasteiger partial charge is 0.310 e. The molecule has 0 spiro atoms. The summed E-state index contributed by atoms with van der Waals surface area (Å²) in [5, 5.41) is 0. The van der Waals surface area contributed by atoms with Gasteiger partial charge < -0.3 is 14.4 Å². The summed E-state index contributed by atoms with van der Waals surface area (Å²) in [6, 6.07) is 12.4. The number of ether oxygens (including phenoxy) is 2. The molecule has 3 rings (SSSR count). The second-order valence-electron chi connectivity index (χ2n) is 7.17. The van der Waals surface area contributed by atoms with Gasteiger partial charge >= 0.3 is 5.97 Å². The summed E-state index contributed by atoms with van der Waals surface area (Å²) in [4.78, 5) is 26.5. The zero-order valence-corrected chi connectivity index (χ0v) is 18.4. The fraction of sp³-hybridized carbons (Fsp3) is 0.364. The van der Waals surface area contributed by atoms with E-state index in [0.717, 1.165) is 0 Å². The molecule has 1 fully saturated rings. The Morgan fingerprint density at radius 1 is 1.13 bits per heavy atom. The summed E-state index contributed by atoms with van der Waals surface area (Å²) >= 11 is 0. The normalized spacial score (nSPS) is 16.5. The van der Waals surface area contributed by atoms with Crippen molar-refractivity contribution in [2.75, 3.05) is 31.5 Å². The maximum Gasteiger partial charge on any atom is 0.310 e. The largest absolute Gasteiger partial charge is 0.495 e. The summed E-state index contributed by atoms with van der Waals surface area (Å²) in [6.07, 6.45) is 1.40. The van der Waals surface area contributed by atoms with E-state index >= 15 is 0 Å². The monoisotopic (exact) mass is 446 g/mol. The Labute approximate surface area is 182 Å². The molecule has 2 aromatic rings. The van der Waals surface area contributed by atoms with Gasteiger partial charge in [-0.25, -0.2) is 8.42 Å². The van der Waals surface area contributed by atoms with Crippen LogP contribution >= 0.6 is 0 Å². The van der Waals surface area contributed by atoms with Gasteiger partial charge in [-0.3, -0.25) is 14.3 Å². The molecule has 0 unspecified atom stereocenters. The van der Waals surface area contributed by atoms with Gasteiger partial charge in [0, 0.05) is 18.7 Å². The van der Waals surface area contributed by atoms with Gasteiger partial charge in [-0.2, -0.15) is 0 Å². The molecule has 0 saturated carbocycles. The Balaban J connectivity index is 1.71. The lowest BCUT2D eigenvalue weighted by molar-refractivity contribution is -0.149. The number of carbonyl (C=O) groups excluding carboxylic acids is 2. The fourth-order valence-corrected chi connectivity index (χ4v) is 4.58. The van der Waals surface area contributed by atoms with Crippen molar-refractivity contribution in [3.63, 3.8) is 0 Å². The number of hydrogen-bond donors (Lipinski definition) is 1. The summed E-state index contributed by atoms with van der Waals surface area (Å²) < 4.78 is 38.2. The minimum atomic E-state index is -3.86. The van der Waals surface area contributed by atoms with E-state index in [1.807, 2.05) is 0 Å². The zero-order valence-electron chi connectivity index (χ0n) is 17.5. The van der Waals surface area contributed by atoms with Crippen LogP contribution in [0.15, 0.2) is 53.4 Å². The SMILES string of the molecule is CCOC(=O)[C@@H]1CCCN(C(=O)c2ccc(S(=O)(=O)Nc3ccccc3OC)cc2)C1. The lowest BCUT2D eigenvalue weighted by Crippen LogP contribution is -2.42. The van der Waals surface area contributed by atoms with E-state index in [9.17, 15) is 18.0 Å². The summed E-state index contributed by atoms with van der Waals surface area (Å²) in [6.45, 7) is 2.90. The highest BCUT2D eigenvalue weighted by molar-refractivity contribution is 7.92. The second-order valence-corrected chi connectivity index (χ2v) is 8.85. The predicted molar refractivity (Wildman–Crippen MR) is 116 cm³/mol. The van der Waals surface area contributed by atoms with E-state index < -0.39 is 10.0 Å². The van der Waals surface area contributed by atoms with Gasteiger partial charge in [-0.1, -0.05) is 12.1 Å². The van der Waals surface area contributed by atoms with Crippen LogP contribution in [-0.4, -0.2) is 52.0 Å². The highest BCUT2D eigenvalue weighted by atomic mass is 32.2. The summed E-state index contributed by atoms with van der Waals surface area (Å²) in [5.41, 5.74) is 0.684. The van der Waals surface area contributed by atoms with Gasteiger partial charge in [-0.15, -0.1) is 0 Å². The molecule has 1 saturated heterocycles. The molecule has 8 nitrogen and oxygen atoms in total. The number of para-hydroxylation sites is 2. The maximum atomic E-state index is 12.9. The van der Waals surface area contributed by atoms with E-state index in [0.29, 0.717) is 49.5 Å². The van der Waals surface area contributed by atoms with E-state index in [4.69, 9.17) is 9.47 Å². The molecule has 1 aliphatic heterocycles. The van der Waals surface area contributed by atoms with Crippen LogP contribution in [0.2, 0.25) is 0 Å². The molecule has 1 N–H and O–H groups in total. The number of esters is 1. The van der Waals surface area contributed by atoms with Crippen molar-refractivity contribution in [3.05, 3.63) is 54.1 Å². The predicted octanol–water partition coefficient (Wildman–Crippen LogP) is 2.91. The van der Waals surface area contributed by atoms with Crippen molar-refractivity contribution in [3.8, 4) is 5.75 Å². The van der Waals surface area contributed by atoms with Crippen LogP contribution < -0.4 is 9.46 Å². The molecule has 0 aromatic heterocycles. The molecule has 166 valence electrons. The number of hydrogen-bond acceptors (Lipinski definition) is 6. The standard InChI is InChI=1S/C22H26N2O6S/c1-3-30-22(26)17-7-6-14-24(15-17)21(25)16-10-12-18(13-11-16)31(27,28)23-19-8-4-5-9-20(19)29-2/h4-5,8-13,17,23H,3,6-7,14-15H2,1-2H3/t17-/m1/s1. The number of nitrogens with one attached hydrogen (secondary N) is 1.